The molecule has 11 heteroatoms. The van der Waals surface area contributed by atoms with E-state index >= 15 is 0 Å². The number of imidazole rings is 1. The SMILES string of the molecule is CC1(C=C(C#N)C(=O)N2CCC[C@@H]2Cn2c(=NC(=O)c3ccc(-c4cnco4)s3)[nH]c3cc(CO)ccc32)CC1. The van der Waals surface area contributed by atoms with Crippen molar-refractivity contribution in [1.82, 2.24) is 19.4 Å². The molecule has 1 saturated carbocycles. The van der Waals surface area contributed by atoms with Crippen LogP contribution < -0.4 is 5.62 Å². The lowest BCUT2D eigenvalue weighted by Gasteiger charge is -2.25. The van der Waals surface area contributed by atoms with E-state index in [4.69, 9.17) is 4.42 Å². The van der Waals surface area contributed by atoms with Crippen molar-refractivity contribution in [2.45, 2.75) is 51.8 Å². The number of nitrogens with zero attached hydrogens (tertiary/aromatic N) is 5. The summed E-state index contributed by atoms with van der Waals surface area (Å²) in [4.78, 5) is 41.3. The number of oxazole rings is 1. The van der Waals surface area contributed by atoms with E-state index < -0.39 is 5.91 Å². The number of H-pyrrole nitrogens is 1. The van der Waals surface area contributed by atoms with Gasteiger partial charge in [0.2, 0.25) is 5.62 Å². The normalized spacial score (nSPS) is 18.8. The van der Waals surface area contributed by atoms with Gasteiger partial charge in [-0.2, -0.15) is 10.3 Å². The van der Waals surface area contributed by atoms with Gasteiger partial charge in [0.15, 0.2) is 12.2 Å². The summed E-state index contributed by atoms with van der Waals surface area (Å²) in [7, 11) is 0. The van der Waals surface area contributed by atoms with E-state index in [0.29, 0.717) is 29.3 Å². The molecular weight excluding hydrogens is 528 g/mol. The van der Waals surface area contributed by atoms with Crippen LogP contribution in [0.15, 0.2) is 64.0 Å². The summed E-state index contributed by atoms with van der Waals surface area (Å²) in [6.07, 6.45) is 8.33. The van der Waals surface area contributed by atoms with E-state index in [1.54, 1.807) is 23.2 Å². The highest BCUT2D eigenvalue weighted by Crippen LogP contribution is 2.47. The molecule has 2 fully saturated rings. The second-order valence-corrected chi connectivity index (χ2v) is 11.7. The third-order valence-corrected chi connectivity index (χ3v) is 8.74. The van der Waals surface area contributed by atoms with Gasteiger partial charge in [-0.3, -0.25) is 9.59 Å². The summed E-state index contributed by atoms with van der Waals surface area (Å²) in [5.74, 6) is -0.0758. The number of hydrogen-bond acceptors (Lipinski definition) is 7. The van der Waals surface area contributed by atoms with Gasteiger partial charge in [-0.15, -0.1) is 11.3 Å². The summed E-state index contributed by atoms with van der Waals surface area (Å²) in [6.45, 7) is 2.92. The fourth-order valence-electron chi connectivity index (χ4n) is 5.16. The Labute approximate surface area is 233 Å². The Bertz CT molecular complexity index is 1730. The minimum absolute atomic E-state index is 0.0620. The van der Waals surface area contributed by atoms with Gasteiger partial charge in [0, 0.05) is 13.1 Å². The van der Waals surface area contributed by atoms with Crippen molar-refractivity contribution < 1.29 is 19.1 Å². The standard InChI is InChI=1S/C29H28N6O4S/c1-29(8-9-29)12-19(13-30)27(38)34-10-2-3-20(34)15-35-22-5-4-18(16-36)11-21(22)32-28(35)33-26(37)25-7-6-24(40-25)23-14-31-17-39-23/h4-7,11-12,14,17,20,36H,2-3,8-10,15-16H2,1H3,(H,32,33,37)/t20-/m1/s1. The number of likely N-dealkylation sites (tertiary alicyclic amines) is 1. The van der Waals surface area contributed by atoms with Crippen LogP contribution in [0.2, 0.25) is 0 Å². The lowest BCUT2D eigenvalue weighted by Crippen LogP contribution is -2.40. The Morgan fingerprint density at radius 3 is 2.92 bits per heavy atom. The van der Waals surface area contributed by atoms with Crippen molar-refractivity contribution in [2.75, 3.05) is 6.54 Å². The summed E-state index contributed by atoms with van der Waals surface area (Å²) >= 11 is 1.27. The van der Waals surface area contributed by atoms with Crippen LogP contribution in [0, 0.1) is 16.7 Å². The molecule has 1 saturated heterocycles. The number of aromatic nitrogens is 3. The van der Waals surface area contributed by atoms with Crippen LogP contribution in [0.1, 0.15) is 47.8 Å². The maximum absolute atomic E-state index is 13.4. The molecule has 2 aliphatic rings. The second kappa shape index (κ2) is 10.4. The molecule has 0 bridgehead atoms. The monoisotopic (exact) mass is 556 g/mol. The molecule has 1 aliphatic carbocycles. The number of benzene rings is 1. The zero-order valence-corrected chi connectivity index (χ0v) is 22.8. The van der Waals surface area contributed by atoms with Crippen molar-refractivity contribution in [3.8, 4) is 16.7 Å². The first-order valence-electron chi connectivity index (χ1n) is 13.2. The Kier molecular flexibility index (Phi) is 6.73. The molecule has 1 aromatic carbocycles. The number of hydrogen-bond donors (Lipinski definition) is 2. The minimum Gasteiger partial charge on any atom is -0.443 e. The van der Waals surface area contributed by atoms with Gasteiger partial charge in [-0.1, -0.05) is 19.1 Å². The number of fused-ring (bicyclic) bond motifs is 1. The first-order chi connectivity index (χ1) is 19.4. The van der Waals surface area contributed by atoms with Crippen LogP contribution in [-0.2, 0) is 17.9 Å². The van der Waals surface area contributed by atoms with E-state index in [2.05, 4.69) is 28.0 Å². The average Bonchev–Trinajstić information content (AvgIpc) is 3.53. The highest BCUT2D eigenvalue weighted by atomic mass is 32.1. The Morgan fingerprint density at radius 1 is 1.35 bits per heavy atom. The smallest absolute Gasteiger partial charge is 0.290 e. The topological polar surface area (TPSA) is 141 Å². The van der Waals surface area contributed by atoms with Gasteiger partial charge in [0.1, 0.15) is 11.6 Å². The van der Waals surface area contributed by atoms with E-state index in [1.807, 2.05) is 28.8 Å². The largest absolute Gasteiger partial charge is 0.443 e. The number of aliphatic hydroxyl groups excluding tert-OH is 1. The van der Waals surface area contributed by atoms with Crippen LogP contribution in [-0.4, -0.2) is 48.9 Å². The molecular formula is C29H28N6O4S. The number of rotatable bonds is 7. The van der Waals surface area contributed by atoms with Crippen molar-refractivity contribution in [1.29, 1.82) is 5.26 Å². The highest BCUT2D eigenvalue weighted by molar-refractivity contribution is 7.17. The Morgan fingerprint density at radius 2 is 2.20 bits per heavy atom. The predicted octanol–water partition coefficient (Wildman–Crippen LogP) is 4.16. The van der Waals surface area contributed by atoms with E-state index in [1.165, 1.54) is 17.7 Å². The number of amides is 2. The molecule has 40 heavy (non-hydrogen) atoms. The highest BCUT2D eigenvalue weighted by Gasteiger charge is 2.38. The number of carbonyl (C=O) groups excluding carboxylic acids is 2. The zero-order valence-electron chi connectivity index (χ0n) is 22.0. The summed E-state index contributed by atoms with van der Waals surface area (Å²) in [6, 6.07) is 11.0. The van der Waals surface area contributed by atoms with Gasteiger partial charge in [0.05, 0.1) is 39.6 Å². The van der Waals surface area contributed by atoms with Crippen molar-refractivity contribution in [3.05, 3.63) is 70.6 Å². The molecule has 4 aromatic rings. The number of aliphatic hydroxyl groups is 1. The van der Waals surface area contributed by atoms with Crippen LogP contribution in [0.3, 0.4) is 0 Å². The average molecular weight is 557 g/mol. The van der Waals surface area contributed by atoms with Crippen molar-refractivity contribution in [2.24, 2.45) is 10.4 Å². The first-order valence-corrected chi connectivity index (χ1v) is 14.0. The lowest BCUT2D eigenvalue weighted by molar-refractivity contribution is -0.127. The molecule has 0 spiro atoms. The summed E-state index contributed by atoms with van der Waals surface area (Å²) < 4.78 is 7.25. The van der Waals surface area contributed by atoms with Crippen LogP contribution in [0.4, 0.5) is 0 Å². The van der Waals surface area contributed by atoms with Gasteiger partial charge < -0.3 is 24.0 Å². The maximum atomic E-state index is 13.4. The molecule has 6 rings (SSSR count). The van der Waals surface area contributed by atoms with Gasteiger partial charge >= 0.3 is 0 Å². The predicted molar refractivity (Wildman–Crippen MR) is 148 cm³/mol. The van der Waals surface area contributed by atoms with Crippen molar-refractivity contribution in [3.63, 3.8) is 0 Å². The number of carbonyl (C=O) groups is 2. The van der Waals surface area contributed by atoms with Crippen LogP contribution in [0.25, 0.3) is 21.7 Å². The molecule has 204 valence electrons. The fraction of sp³-hybridized carbons (Fsp3) is 0.345. The van der Waals surface area contributed by atoms with Gasteiger partial charge in [0.25, 0.3) is 11.8 Å². The molecule has 3 aromatic heterocycles. The van der Waals surface area contributed by atoms with Crippen LogP contribution in [0.5, 0.6) is 0 Å². The number of nitriles is 1. The van der Waals surface area contributed by atoms with Gasteiger partial charge in [-0.25, -0.2) is 4.98 Å². The summed E-state index contributed by atoms with van der Waals surface area (Å²) in [5.41, 5.74) is 2.74. The van der Waals surface area contributed by atoms with Crippen LogP contribution >= 0.6 is 11.3 Å². The quantitative estimate of drug-likeness (QED) is 0.259. The molecule has 10 nitrogen and oxygen atoms in total. The Balaban J connectivity index is 1.34. The molecule has 0 radical (unpaired) electrons. The second-order valence-electron chi connectivity index (χ2n) is 10.6. The number of allylic oxidation sites excluding steroid dienone is 1. The molecule has 2 amide bonds. The number of thiophene rings is 1. The zero-order chi connectivity index (χ0) is 27.9. The molecule has 2 N–H and O–H groups in total. The van der Waals surface area contributed by atoms with E-state index in [9.17, 15) is 20.0 Å². The third kappa shape index (κ3) is 5.03. The van der Waals surface area contributed by atoms with Gasteiger partial charge in [-0.05, 0) is 60.9 Å². The lowest BCUT2D eigenvalue weighted by atomic mass is 10.0. The minimum atomic E-state index is -0.412. The molecule has 1 aliphatic heterocycles. The summed E-state index contributed by atoms with van der Waals surface area (Å²) in [5, 5.41) is 19.4. The van der Waals surface area contributed by atoms with E-state index in [-0.39, 0.29) is 29.5 Å². The van der Waals surface area contributed by atoms with Crippen molar-refractivity contribution >= 4 is 34.2 Å². The molecule has 1 atom stereocenters. The maximum Gasteiger partial charge on any atom is 0.290 e. The fourth-order valence-corrected chi connectivity index (χ4v) is 6.00. The van der Waals surface area contributed by atoms with E-state index in [0.717, 1.165) is 47.2 Å². The number of aromatic amines is 1. The third-order valence-electron chi connectivity index (χ3n) is 7.65. The molecule has 4 heterocycles. The molecule has 0 unspecified atom stereocenters. The Hall–Kier alpha value is -4.27. The number of nitrogens with one attached hydrogen (secondary N) is 1. The first kappa shape index (κ1) is 26.0.